The summed E-state index contributed by atoms with van der Waals surface area (Å²) in [6, 6.07) is 5.22. The van der Waals surface area contributed by atoms with E-state index in [1.807, 2.05) is 6.07 Å². The zero-order chi connectivity index (χ0) is 9.71. The molecule has 3 heteroatoms. The lowest BCUT2D eigenvalue weighted by atomic mass is 10.1. The third kappa shape index (κ3) is 0.983. The fourth-order valence-electron chi connectivity index (χ4n) is 2.02. The van der Waals surface area contributed by atoms with E-state index >= 15 is 0 Å². The van der Waals surface area contributed by atoms with Gasteiger partial charge in [-0.25, -0.2) is 4.39 Å². The second-order valence-electron chi connectivity index (χ2n) is 3.94. The van der Waals surface area contributed by atoms with E-state index in [4.69, 9.17) is 0 Å². The number of nitrogens with zero attached hydrogens (tertiary/aromatic N) is 1. The molecule has 0 spiro atoms. The molecule has 1 aromatic rings. The average molecular weight is 191 g/mol. The van der Waals surface area contributed by atoms with Crippen LogP contribution >= 0.6 is 0 Å². The molecule has 0 bridgehead atoms. The van der Waals surface area contributed by atoms with Crippen molar-refractivity contribution < 1.29 is 9.18 Å². The largest absolute Gasteiger partial charge is 0.331 e. The summed E-state index contributed by atoms with van der Waals surface area (Å²) >= 11 is 0. The van der Waals surface area contributed by atoms with Gasteiger partial charge in [-0.15, -0.1) is 0 Å². The number of rotatable bonds is 1. The third-order valence-electron chi connectivity index (χ3n) is 2.90. The fourth-order valence-corrected chi connectivity index (χ4v) is 2.02. The third-order valence-corrected chi connectivity index (χ3v) is 2.90. The second-order valence-corrected chi connectivity index (χ2v) is 3.94. The maximum Gasteiger partial charge on any atom is 0.257 e. The number of fused-ring (bicyclic) bond motifs is 1. The first-order valence-corrected chi connectivity index (χ1v) is 4.86. The normalized spacial score (nSPS) is 20.1. The van der Waals surface area contributed by atoms with Crippen LogP contribution in [0.15, 0.2) is 18.2 Å². The van der Waals surface area contributed by atoms with Crippen molar-refractivity contribution in [1.82, 2.24) is 4.90 Å². The van der Waals surface area contributed by atoms with Gasteiger partial charge in [-0.3, -0.25) is 4.79 Å². The molecule has 0 aromatic heterocycles. The molecule has 72 valence electrons. The summed E-state index contributed by atoms with van der Waals surface area (Å²) in [5.74, 6) is -0.503. The van der Waals surface area contributed by atoms with Crippen LogP contribution in [0.4, 0.5) is 4.39 Å². The smallest absolute Gasteiger partial charge is 0.257 e. The molecule has 3 rings (SSSR count). The summed E-state index contributed by atoms with van der Waals surface area (Å²) < 4.78 is 13.4. The SMILES string of the molecule is O=C1c2c(F)cccc2CN1C1CC1. The fraction of sp³-hybridized carbons (Fsp3) is 0.364. The minimum absolute atomic E-state index is 0.124. The van der Waals surface area contributed by atoms with E-state index in [2.05, 4.69) is 0 Å². The monoisotopic (exact) mass is 191 g/mol. The second kappa shape index (κ2) is 2.56. The Morgan fingerprint density at radius 1 is 1.36 bits per heavy atom. The summed E-state index contributed by atoms with van der Waals surface area (Å²) in [4.78, 5) is 13.6. The predicted molar refractivity (Wildman–Crippen MR) is 49.3 cm³/mol. The van der Waals surface area contributed by atoms with E-state index in [0.29, 0.717) is 18.2 Å². The quantitative estimate of drug-likeness (QED) is 0.664. The molecule has 0 unspecified atom stereocenters. The Bertz CT molecular complexity index is 412. The maximum absolute atomic E-state index is 13.4. The van der Waals surface area contributed by atoms with E-state index in [9.17, 15) is 9.18 Å². The first-order chi connectivity index (χ1) is 6.77. The van der Waals surface area contributed by atoms with Crippen molar-refractivity contribution in [1.29, 1.82) is 0 Å². The Hall–Kier alpha value is -1.38. The van der Waals surface area contributed by atoms with E-state index in [1.165, 1.54) is 6.07 Å². The average Bonchev–Trinajstić information content (AvgIpc) is 2.93. The van der Waals surface area contributed by atoms with Crippen molar-refractivity contribution in [3.8, 4) is 0 Å². The topological polar surface area (TPSA) is 20.3 Å². The first-order valence-electron chi connectivity index (χ1n) is 4.86. The molecule has 1 heterocycles. The highest BCUT2D eigenvalue weighted by Crippen LogP contribution is 2.35. The van der Waals surface area contributed by atoms with Gasteiger partial charge in [0.05, 0.1) is 5.56 Å². The number of amides is 1. The van der Waals surface area contributed by atoms with Gasteiger partial charge < -0.3 is 4.90 Å². The first kappa shape index (κ1) is 7.97. The molecular formula is C11H10FNO. The van der Waals surface area contributed by atoms with Crippen LogP contribution in [0.5, 0.6) is 0 Å². The Labute approximate surface area is 81.3 Å². The van der Waals surface area contributed by atoms with Crippen LogP contribution in [0.3, 0.4) is 0 Å². The molecule has 14 heavy (non-hydrogen) atoms. The summed E-state index contributed by atoms with van der Waals surface area (Å²) in [5, 5.41) is 0. The van der Waals surface area contributed by atoms with E-state index < -0.39 is 0 Å². The number of halogens is 1. The van der Waals surface area contributed by atoms with Crippen molar-refractivity contribution in [2.24, 2.45) is 0 Å². The minimum atomic E-state index is -0.379. The van der Waals surface area contributed by atoms with Crippen molar-refractivity contribution >= 4 is 5.91 Å². The van der Waals surface area contributed by atoms with Crippen molar-refractivity contribution in [3.63, 3.8) is 0 Å². The molecule has 1 amide bonds. The Morgan fingerprint density at radius 3 is 2.79 bits per heavy atom. The van der Waals surface area contributed by atoms with Crippen LogP contribution in [0.1, 0.15) is 28.8 Å². The Kier molecular flexibility index (Phi) is 1.46. The highest BCUT2D eigenvalue weighted by atomic mass is 19.1. The molecule has 0 atom stereocenters. The molecule has 1 aliphatic heterocycles. The van der Waals surface area contributed by atoms with Crippen LogP contribution in [0.2, 0.25) is 0 Å². The maximum atomic E-state index is 13.4. The Morgan fingerprint density at radius 2 is 2.14 bits per heavy atom. The van der Waals surface area contributed by atoms with Gasteiger partial charge in [0, 0.05) is 12.6 Å². The molecular weight excluding hydrogens is 181 g/mol. The standard InChI is InChI=1S/C11H10FNO/c12-9-3-1-2-7-6-13(8-4-5-8)11(14)10(7)9/h1-3,8H,4-6H2. The highest BCUT2D eigenvalue weighted by Gasteiger charge is 2.39. The van der Waals surface area contributed by atoms with Gasteiger partial charge >= 0.3 is 0 Å². The summed E-state index contributed by atoms with van der Waals surface area (Å²) in [7, 11) is 0. The van der Waals surface area contributed by atoms with Gasteiger partial charge in [0.1, 0.15) is 5.82 Å². The summed E-state index contributed by atoms with van der Waals surface area (Å²) in [6.45, 7) is 0.594. The van der Waals surface area contributed by atoms with Crippen molar-refractivity contribution in [3.05, 3.63) is 35.1 Å². The minimum Gasteiger partial charge on any atom is -0.331 e. The summed E-state index contributed by atoms with van der Waals surface area (Å²) in [6.07, 6.45) is 2.14. The zero-order valence-corrected chi connectivity index (χ0v) is 7.66. The number of carbonyl (C=O) groups is 1. The van der Waals surface area contributed by atoms with E-state index in [1.54, 1.807) is 11.0 Å². The number of benzene rings is 1. The van der Waals surface area contributed by atoms with Gasteiger partial charge in [0.2, 0.25) is 0 Å². The van der Waals surface area contributed by atoms with Gasteiger partial charge in [-0.2, -0.15) is 0 Å². The van der Waals surface area contributed by atoms with E-state index in [-0.39, 0.29) is 11.7 Å². The van der Waals surface area contributed by atoms with E-state index in [0.717, 1.165) is 18.4 Å². The summed E-state index contributed by atoms with van der Waals surface area (Å²) in [5.41, 5.74) is 1.13. The van der Waals surface area contributed by atoms with Crippen LogP contribution in [0.25, 0.3) is 0 Å². The van der Waals surface area contributed by atoms with Gasteiger partial charge in [-0.1, -0.05) is 12.1 Å². The predicted octanol–water partition coefficient (Wildman–Crippen LogP) is 1.94. The lowest BCUT2D eigenvalue weighted by Gasteiger charge is -2.13. The Balaban J connectivity index is 2.06. The highest BCUT2D eigenvalue weighted by molar-refractivity contribution is 5.98. The van der Waals surface area contributed by atoms with Gasteiger partial charge in [0.15, 0.2) is 0 Å². The van der Waals surface area contributed by atoms with Crippen molar-refractivity contribution in [2.45, 2.75) is 25.4 Å². The zero-order valence-electron chi connectivity index (χ0n) is 7.66. The van der Waals surface area contributed by atoms with Crippen LogP contribution in [-0.2, 0) is 6.54 Å². The molecule has 0 saturated heterocycles. The lowest BCUT2D eigenvalue weighted by molar-refractivity contribution is 0.0763. The molecule has 0 radical (unpaired) electrons. The van der Waals surface area contributed by atoms with Gasteiger partial charge in [-0.05, 0) is 24.5 Å². The lowest BCUT2D eigenvalue weighted by Crippen LogP contribution is -2.26. The molecule has 0 N–H and O–H groups in total. The molecule has 1 fully saturated rings. The van der Waals surface area contributed by atoms with Crippen molar-refractivity contribution in [2.75, 3.05) is 0 Å². The molecule has 1 saturated carbocycles. The van der Waals surface area contributed by atoms with Gasteiger partial charge in [0.25, 0.3) is 5.91 Å². The number of hydrogen-bond donors (Lipinski definition) is 0. The number of carbonyl (C=O) groups excluding carboxylic acids is 1. The molecule has 2 aliphatic rings. The molecule has 1 aromatic carbocycles. The molecule has 1 aliphatic carbocycles. The molecule has 2 nitrogen and oxygen atoms in total. The van der Waals surface area contributed by atoms with Crippen LogP contribution in [-0.4, -0.2) is 16.8 Å². The van der Waals surface area contributed by atoms with Crippen LogP contribution < -0.4 is 0 Å². The number of hydrogen-bond acceptors (Lipinski definition) is 1. The van der Waals surface area contributed by atoms with Crippen LogP contribution in [0, 0.1) is 5.82 Å².